The molecule has 12 heteroatoms. The molecule has 1 amide bonds. The highest BCUT2D eigenvalue weighted by Gasteiger charge is 2.20. The molecule has 0 bridgehead atoms. The van der Waals surface area contributed by atoms with Crippen LogP contribution in [0.25, 0.3) is 16.9 Å². The SMILES string of the molecule is C[C@@H](CNS(C)(=O)=O)NC(=O)c1cc(-c2ccc(Cl)cc2)nn(-c2cnn(C)c2)c1=O. The van der Waals surface area contributed by atoms with Crippen molar-refractivity contribution in [3.8, 4) is 16.9 Å². The van der Waals surface area contributed by atoms with Crippen LogP contribution in [0.1, 0.15) is 17.3 Å². The molecule has 0 saturated carbocycles. The minimum atomic E-state index is -3.41. The Balaban J connectivity index is 2.02. The lowest BCUT2D eigenvalue weighted by Gasteiger charge is -2.15. The summed E-state index contributed by atoms with van der Waals surface area (Å²) in [6.07, 6.45) is 4.08. The molecule has 0 saturated heterocycles. The zero-order valence-corrected chi connectivity index (χ0v) is 18.6. The number of amides is 1. The molecule has 0 radical (unpaired) electrons. The first kappa shape index (κ1) is 22.7. The summed E-state index contributed by atoms with van der Waals surface area (Å²) in [6.45, 7) is 1.60. The molecule has 10 nitrogen and oxygen atoms in total. The Bertz CT molecular complexity index is 1270. The monoisotopic (exact) mass is 464 g/mol. The van der Waals surface area contributed by atoms with Crippen LogP contribution in [0, 0.1) is 0 Å². The summed E-state index contributed by atoms with van der Waals surface area (Å²) < 4.78 is 27.5. The summed E-state index contributed by atoms with van der Waals surface area (Å²) >= 11 is 5.96. The Morgan fingerprint density at radius 1 is 1.26 bits per heavy atom. The van der Waals surface area contributed by atoms with Gasteiger partial charge in [0.1, 0.15) is 11.3 Å². The molecule has 2 heterocycles. The molecule has 0 aliphatic heterocycles. The van der Waals surface area contributed by atoms with E-state index in [9.17, 15) is 18.0 Å². The van der Waals surface area contributed by atoms with Gasteiger partial charge in [-0.25, -0.2) is 13.1 Å². The predicted molar refractivity (Wildman–Crippen MR) is 117 cm³/mol. The number of aromatic nitrogens is 4. The summed E-state index contributed by atoms with van der Waals surface area (Å²) in [5, 5.41) is 11.6. The molecule has 3 rings (SSSR count). The fourth-order valence-corrected chi connectivity index (χ4v) is 3.42. The average molecular weight is 465 g/mol. The smallest absolute Gasteiger partial charge is 0.284 e. The van der Waals surface area contributed by atoms with Crippen LogP contribution in [-0.2, 0) is 17.1 Å². The van der Waals surface area contributed by atoms with Crippen molar-refractivity contribution in [2.24, 2.45) is 7.05 Å². The van der Waals surface area contributed by atoms with Crippen molar-refractivity contribution in [2.75, 3.05) is 12.8 Å². The second-order valence-corrected chi connectivity index (χ2v) is 9.30. The maximum absolute atomic E-state index is 13.0. The molecular weight excluding hydrogens is 444 g/mol. The molecular formula is C19H21ClN6O4S. The molecule has 2 aromatic heterocycles. The Morgan fingerprint density at radius 3 is 2.52 bits per heavy atom. The Kier molecular flexibility index (Phi) is 6.58. The van der Waals surface area contributed by atoms with Gasteiger partial charge >= 0.3 is 0 Å². The van der Waals surface area contributed by atoms with E-state index in [0.29, 0.717) is 22.0 Å². The van der Waals surface area contributed by atoms with Gasteiger partial charge < -0.3 is 5.32 Å². The van der Waals surface area contributed by atoms with Crippen molar-refractivity contribution in [2.45, 2.75) is 13.0 Å². The van der Waals surface area contributed by atoms with Crippen molar-refractivity contribution in [3.05, 3.63) is 63.7 Å². The summed E-state index contributed by atoms with van der Waals surface area (Å²) in [5.74, 6) is -0.650. The number of hydrogen-bond donors (Lipinski definition) is 2. The van der Waals surface area contributed by atoms with Gasteiger partial charge in [0.05, 0.1) is 24.3 Å². The predicted octanol–water partition coefficient (Wildman–Crippen LogP) is 0.954. The van der Waals surface area contributed by atoms with Gasteiger partial charge in [-0.3, -0.25) is 14.3 Å². The van der Waals surface area contributed by atoms with Crippen molar-refractivity contribution in [1.82, 2.24) is 29.6 Å². The lowest BCUT2D eigenvalue weighted by molar-refractivity contribution is 0.0938. The quantitative estimate of drug-likeness (QED) is 0.536. The van der Waals surface area contributed by atoms with Crippen molar-refractivity contribution in [3.63, 3.8) is 0 Å². The van der Waals surface area contributed by atoms with Crippen LogP contribution < -0.4 is 15.6 Å². The van der Waals surface area contributed by atoms with E-state index in [1.54, 1.807) is 44.4 Å². The van der Waals surface area contributed by atoms with Crippen molar-refractivity contribution >= 4 is 27.5 Å². The van der Waals surface area contributed by atoms with Gasteiger partial charge in [-0.2, -0.15) is 14.9 Å². The fourth-order valence-electron chi connectivity index (χ4n) is 2.74. The number of sulfonamides is 1. The third-order valence-corrected chi connectivity index (χ3v) is 5.20. The van der Waals surface area contributed by atoms with Gasteiger partial charge in [-0.15, -0.1) is 0 Å². The Hall–Kier alpha value is -3.02. The van der Waals surface area contributed by atoms with Gasteiger partial charge in [-0.05, 0) is 25.1 Å². The van der Waals surface area contributed by atoms with Crippen LogP contribution in [0.15, 0.2) is 47.5 Å². The number of benzene rings is 1. The average Bonchev–Trinajstić information content (AvgIpc) is 3.13. The summed E-state index contributed by atoms with van der Waals surface area (Å²) in [7, 11) is -1.72. The van der Waals surface area contributed by atoms with Gasteiger partial charge in [0.2, 0.25) is 10.0 Å². The molecule has 0 aliphatic rings. The van der Waals surface area contributed by atoms with E-state index >= 15 is 0 Å². The second kappa shape index (κ2) is 9.00. The molecule has 2 N–H and O–H groups in total. The molecule has 1 aromatic carbocycles. The molecule has 0 unspecified atom stereocenters. The molecule has 3 aromatic rings. The topological polar surface area (TPSA) is 128 Å². The fraction of sp³-hybridized carbons (Fsp3) is 0.263. The molecule has 0 spiro atoms. The van der Waals surface area contributed by atoms with Crippen LogP contribution in [-0.4, -0.2) is 52.7 Å². The number of carbonyl (C=O) groups excluding carboxylic acids is 1. The number of nitrogens with one attached hydrogen (secondary N) is 2. The number of carbonyl (C=O) groups is 1. The summed E-state index contributed by atoms with van der Waals surface area (Å²) in [6, 6.07) is 7.64. The zero-order valence-electron chi connectivity index (χ0n) is 17.0. The Labute approximate surface area is 183 Å². The normalized spacial score (nSPS) is 12.5. The van der Waals surface area contributed by atoms with Crippen LogP contribution in [0.3, 0.4) is 0 Å². The maximum Gasteiger partial charge on any atom is 0.284 e. The highest BCUT2D eigenvalue weighted by molar-refractivity contribution is 7.88. The zero-order chi connectivity index (χ0) is 22.8. The molecule has 164 valence electrons. The van der Waals surface area contributed by atoms with Gasteiger partial charge in [0.15, 0.2) is 0 Å². The molecule has 1 atom stereocenters. The third-order valence-electron chi connectivity index (χ3n) is 4.26. The first-order chi connectivity index (χ1) is 14.5. The minimum Gasteiger partial charge on any atom is -0.348 e. The summed E-state index contributed by atoms with van der Waals surface area (Å²) in [4.78, 5) is 25.9. The lowest BCUT2D eigenvalue weighted by atomic mass is 10.1. The van der Waals surface area contributed by atoms with Crippen LogP contribution >= 0.6 is 11.6 Å². The number of halogens is 1. The van der Waals surface area contributed by atoms with E-state index in [0.717, 1.165) is 10.9 Å². The summed E-state index contributed by atoms with van der Waals surface area (Å²) in [5.41, 5.74) is 0.653. The number of aryl methyl sites for hydroxylation is 1. The molecule has 0 aliphatic carbocycles. The highest BCUT2D eigenvalue weighted by atomic mass is 35.5. The van der Waals surface area contributed by atoms with E-state index in [1.807, 2.05) is 0 Å². The highest BCUT2D eigenvalue weighted by Crippen LogP contribution is 2.20. The maximum atomic E-state index is 13.0. The van der Waals surface area contributed by atoms with E-state index in [4.69, 9.17) is 11.6 Å². The van der Waals surface area contributed by atoms with Gasteiger partial charge in [0.25, 0.3) is 11.5 Å². The van der Waals surface area contributed by atoms with E-state index in [2.05, 4.69) is 20.2 Å². The molecule has 31 heavy (non-hydrogen) atoms. The first-order valence-electron chi connectivity index (χ1n) is 9.18. The standard InChI is InChI=1S/C19H21ClN6O4S/c1-12(9-22-31(3,29)30)23-18(27)16-8-17(13-4-6-14(20)7-5-13)24-26(19(16)28)15-10-21-25(2)11-15/h4-8,10-12,22H,9H2,1-3H3,(H,23,27)/t12-/m0/s1. The van der Waals surface area contributed by atoms with Crippen LogP contribution in [0.4, 0.5) is 0 Å². The number of rotatable bonds is 7. The van der Waals surface area contributed by atoms with Crippen molar-refractivity contribution in [1.29, 1.82) is 0 Å². The second-order valence-electron chi connectivity index (χ2n) is 7.03. The van der Waals surface area contributed by atoms with Gasteiger partial charge in [-0.1, -0.05) is 23.7 Å². The van der Waals surface area contributed by atoms with Gasteiger partial charge in [0, 0.05) is 30.2 Å². The van der Waals surface area contributed by atoms with E-state index in [1.165, 1.54) is 16.9 Å². The number of hydrogen-bond acceptors (Lipinski definition) is 6. The number of nitrogens with zero attached hydrogens (tertiary/aromatic N) is 4. The largest absolute Gasteiger partial charge is 0.348 e. The van der Waals surface area contributed by atoms with E-state index < -0.39 is 27.5 Å². The molecule has 0 fully saturated rings. The van der Waals surface area contributed by atoms with Crippen molar-refractivity contribution < 1.29 is 13.2 Å². The minimum absolute atomic E-state index is 0.0174. The van der Waals surface area contributed by atoms with E-state index in [-0.39, 0.29) is 12.1 Å². The first-order valence-corrected chi connectivity index (χ1v) is 11.5. The lowest BCUT2D eigenvalue weighted by Crippen LogP contribution is -2.43. The van der Waals surface area contributed by atoms with Crippen LogP contribution in [0.5, 0.6) is 0 Å². The van der Waals surface area contributed by atoms with Crippen LogP contribution in [0.2, 0.25) is 5.02 Å². The third kappa shape index (κ3) is 5.78. The Morgan fingerprint density at radius 2 is 1.94 bits per heavy atom.